The third kappa shape index (κ3) is 2.26. The largest absolute Gasteiger partial charge is 0.504 e. The molecule has 1 aromatic rings. The van der Waals surface area contributed by atoms with Crippen molar-refractivity contribution in [3.05, 3.63) is 17.2 Å². The SMILES string of the molecule is COc1cc(O)c2c3c1C[C@@H]1[C@@H]4CC[C@H](NCCC(=O)O)[C@H](O2)[C@]34CCN1C. The van der Waals surface area contributed by atoms with Gasteiger partial charge < -0.3 is 29.9 Å². The minimum absolute atomic E-state index is 0.0803. The van der Waals surface area contributed by atoms with E-state index in [1.54, 1.807) is 13.2 Å². The number of hydrogen-bond donors (Lipinski definition) is 3. The predicted molar refractivity (Wildman–Crippen MR) is 102 cm³/mol. The van der Waals surface area contributed by atoms with Crippen LogP contribution in [0.1, 0.15) is 36.8 Å². The van der Waals surface area contributed by atoms with Crippen molar-refractivity contribution in [3.8, 4) is 17.2 Å². The van der Waals surface area contributed by atoms with E-state index in [4.69, 9.17) is 14.6 Å². The van der Waals surface area contributed by atoms with Crippen molar-refractivity contribution in [1.82, 2.24) is 10.2 Å². The molecule has 2 aliphatic heterocycles. The van der Waals surface area contributed by atoms with Gasteiger partial charge in [0.15, 0.2) is 11.5 Å². The molecule has 1 saturated carbocycles. The predicted octanol–water partition coefficient (Wildman–Crippen LogP) is 1.50. The van der Waals surface area contributed by atoms with Gasteiger partial charge in [-0.2, -0.15) is 0 Å². The van der Waals surface area contributed by atoms with Gasteiger partial charge in [-0.1, -0.05) is 0 Å². The third-order valence-corrected chi connectivity index (χ3v) is 7.65. The lowest BCUT2D eigenvalue weighted by Gasteiger charge is -2.59. The number of phenolic OH excluding ortho intramolecular Hbond substituents is 1. The molecule has 28 heavy (non-hydrogen) atoms. The van der Waals surface area contributed by atoms with E-state index in [0.717, 1.165) is 43.5 Å². The average Bonchev–Trinajstić information content (AvgIpc) is 3.02. The number of piperidine rings is 1. The number of carboxylic acid groups (broad SMARTS) is 1. The van der Waals surface area contributed by atoms with Gasteiger partial charge in [0.1, 0.15) is 11.9 Å². The molecule has 5 atom stereocenters. The number of hydrogen-bond acceptors (Lipinski definition) is 6. The molecule has 152 valence electrons. The highest BCUT2D eigenvalue weighted by Gasteiger charge is 2.65. The number of carbonyl (C=O) groups is 1. The van der Waals surface area contributed by atoms with Crippen LogP contribution < -0.4 is 14.8 Å². The normalized spacial score (nSPS) is 35.2. The van der Waals surface area contributed by atoms with Crippen molar-refractivity contribution < 1.29 is 24.5 Å². The van der Waals surface area contributed by atoms with E-state index in [1.165, 1.54) is 5.56 Å². The van der Waals surface area contributed by atoms with Crippen molar-refractivity contribution in [2.75, 3.05) is 27.2 Å². The number of ether oxygens (including phenoxy) is 2. The summed E-state index contributed by atoms with van der Waals surface area (Å²) < 4.78 is 12.1. The molecule has 2 fully saturated rings. The van der Waals surface area contributed by atoms with Gasteiger partial charge >= 0.3 is 5.97 Å². The second-order valence-electron chi connectivity index (χ2n) is 8.75. The van der Waals surface area contributed by atoms with E-state index < -0.39 is 5.97 Å². The van der Waals surface area contributed by atoms with Gasteiger partial charge in [0.25, 0.3) is 0 Å². The quantitative estimate of drug-likeness (QED) is 0.704. The fourth-order valence-corrected chi connectivity index (χ4v) is 6.55. The van der Waals surface area contributed by atoms with E-state index in [-0.39, 0.29) is 29.7 Å². The summed E-state index contributed by atoms with van der Waals surface area (Å²) in [5.41, 5.74) is 2.20. The minimum atomic E-state index is -0.795. The van der Waals surface area contributed by atoms with Crippen LogP contribution in [0.5, 0.6) is 17.2 Å². The van der Waals surface area contributed by atoms with E-state index in [2.05, 4.69) is 17.3 Å². The Balaban J connectivity index is 1.61. The van der Waals surface area contributed by atoms with E-state index in [9.17, 15) is 9.90 Å². The lowest BCUT2D eigenvalue weighted by atomic mass is 9.51. The number of likely N-dealkylation sites (tertiary alicyclic amines) is 1. The van der Waals surface area contributed by atoms with Crippen LogP contribution in [0, 0.1) is 5.92 Å². The van der Waals surface area contributed by atoms with Crippen LogP contribution in [0.3, 0.4) is 0 Å². The van der Waals surface area contributed by atoms with Crippen LogP contribution >= 0.6 is 0 Å². The lowest BCUT2D eigenvalue weighted by Crippen LogP contribution is -2.68. The van der Waals surface area contributed by atoms with Crippen molar-refractivity contribution in [2.45, 2.75) is 55.7 Å². The maximum atomic E-state index is 11.0. The Morgan fingerprint density at radius 2 is 2.29 bits per heavy atom. The highest BCUT2D eigenvalue weighted by Crippen LogP contribution is 2.65. The first-order valence-electron chi connectivity index (χ1n) is 10.2. The standard InChI is InChI=1S/C21H28N2O5/c1-23-8-6-21-12-3-4-13(22-7-5-17(25)26)20(21)28-19-15(24)10-16(27-2)11(18(19)21)9-14(12)23/h10,12-14,20,22,24H,3-9H2,1-2H3,(H,25,26)/t12-,13-,14+,20-,21-/m0/s1. The van der Waals surface area contributed by atoms with Crippen molar-refractivity contribution in [3.63, 3.8) is 0 Å². The fraction of sp³-hybridized carbons (Fsp3) is 0.667. The molecule has 7 heteroatoms. The monoisotopic (exact) mass is 388 g/mol. The molecule has 2 aliphatic carbocycles. The zero-order chi connectivity index (χ0) is 19.6. The first-order chi connectivity index (χ1) is 13.5. The van der Waals surface area contributed by atoms with Gasteiger partial charge in [0.05, 0.1) is 13.5 Å². The van der Waals surface area contributed by atoms with Gasteiger partial charge in [-0.3, -0.25) is 4.79 Å². The van der Waals surface area contributed by atoms with Gasteiger partial charge in [0.2, 0.25) is 0 Å². The van der Waals surface area contributed by atoms with E-state index in [1.807, 2.05) is 0 Å². The molecule has 0 amide bonds. The first-order valence-corrected chi connectivity index (χ1v) is 10.2. The Labute approximate surface area is 164 Å². The fourth-order valence-electron chi connectivity index (χ4n) is 6.55. The lowest BCUT2D eigenvalue weighted by molar-refractivity contribution is -0.137. The summed E-state index contributed by atoms with van der Waals surface area (Å²) in [4.78, 5) is 13.4. The van der Waals surface area contributed by atoms with Gasteiger partial charge in [-0.15, -0.1) is 0 Å². The molecule has 0 aromatic heterocycles. The molecule has 0 radical (unpaired) electrons. The maximum Gasteiger partial charge on any atom is 0.304 e. The molecule has 1 aromatic carbocycles. The van der Waals surface area contributed by atoms with Crippen LogP contribution in [0.15, 0.2) is 6.07 Å². The molecule has 0 unspecified atom stereocenters. The molecule has 1 saturated heterocycles. The smallest absolute Gasteiger partial charge is 0.304 e. The maximum absolute atomic E-state index is 11.0. The summed E-state index contributed by atoms with van der Waals surface area (Å²) in [5, 5.41) is 23.1. The summed E-state index contributed by atoms with van der Waals surface area (Å²) in [6, 6.07) is 2.21. The van der Waals surface area contributed by atoms with E-state index >= 15 is 0 Å². The second-order valence-corrected chi connectivity index (χ2v) is 8.75. The van der Waals surface area contributed by atoms with Crippen LogP contribution in [0.4, 0.5) is 0 Å². The Kier molecular flexibility index (Phi) is 4.04. The van der Waals surface area contributed by atoms with Crippen LogP contribution in [0.25, 0.3) is 0 Å². The molecule has 2 heterocycles. The number of methoxy groups -OCH3 is 1. The zero-order valence-electron chi connectivity index (χ0n) is 16.4. The van der Waals surface area contributed by atoms with Crippen molar-refractivity contribution >= 4 is 5.97 Å². The number of rotatable bonds is 5. The highest BCUT2D eigenvalue weighted by atomic mass is 16.5. The van der Waals surface area contributed by atoms with Crippen LogP contribution in [-0.4, -0.2) is 66.5 Å². The van der Waals surface area contributed by atoms with Crippen molar-refractivity contribution in [1.29, 1.82) is 0 Å². The number of nitrogens with one attached hydrogen (secondary N) is 1. The van der Waals surface area contributed by atoms with E-state index in [0.29, 0.717) is 24.3 Å². The summed E-state index contributed by atoms with van der Waals surface area (Å²) in [5.74, 6) is 1.21. The molecule has 1 spiro atoms. The van der Waals surface area contributed by atoms with Crippen LogP contribution in [0.2, 0.25) is 0 Å². The first kappa shape index (κ1) is 18.1. The molecular weight excluding hydrogens is 360 g/mol. The average molecular weight is 388 g/mol. The minimum Gasteiger partial charge on any atom is -0.504 e. The number of carboxylic acids is 1. The summed E-state index contributed by atoms with van der Waals surface area (Å²) in [7, 11) is 3.86. The van der Waals surface area contributed by atoms with Gasteiger partial charge in [0, 0.05) is 41.2 Å². The summed E-state index contributed by atoms with van der Waals surface area (Å²) in [6.45, 7) is 1.43. The zero-order valence-corrected chi connectivity index (χ0v) is 16.4. The number of benzene rings is 1. The number of phenols is 1. The number of aliphatic carboxylic acids is 1. The molecule has 4 aliphatic rings. The topological polar surface area (TPSA) is 91.3 Å². The highest BCUT2D eigenvalue weighted by molar-refractivity contribution is 5.67. The molecule has 3 N–H and O–H groups in total. The molecular formula is C21H28N2O5. The van der Waals surface area contributed by atoms with Crippen LogP contribution in [-0.2, 0) is 16.6 Å². The Bertz CT molecular complexity index is 828. The van der Waals surface area contributed by atoms with Gasteiger partial charge in [-0.25, -0.2) is 0 Å². The molecule has 2 bridgehead atoms. The van der Waals surface area contributed by atoms with Crippen molar-refractivity contribution in [2.24, 2.45) is 5.92 Å². The number of nitrogens with zero attached hydrogens (tertiary/aromatic N) is 1. The summed E-state index contributed by atoms with van der Waals surface area (Å²) >= 11 is 0. The van der Waals surface area contributed by atoms with Gasteiger partial charge in [-0.05, 0) is 45.2 Å². The molecule has 5 rings (SSSR count). The molecule has 7 nitrogen and oxygen atoms in total. The third-order valence-electron chi connectivity index (χ3n) is 7.65. The Morgan fingerprint density at radius 3 is 3.04 bits per heavy atom. The summed E-state index contributed by atoms with van der Waals surface area (Å²) in [6.07, 6.45) is 3.96. The Hall–Kier alpha value is -1.99. The number of likely N-dealkylation sites (N-methyl/N-ethyl adjacent to an activating group) is 1. The second kappa shape index (κ2) is 6.26. The number of aromatic hydroxyl groups is 1. The Morgan fingerprint density at radius 1 is 1.46 bits per heavy atom.